The number of benzene rings is 1. The Balaban J connectivity index is 1.29. The lowest BCUT2D eigenvalue weighted by Gasteiger charge is -2.39. The third-order valence-electron chi connectivity index (χ3n) is 5.29. The van der Waals surface area contributed by atoms with Crippen LogP contribution in [-0.4, -0.2) is 52.4 Å². The third kappa shape index (κ3) is 4.27. The van der Waals surface area contributed by atoms with Gasteiger partial charge in [0.2, 0.25) is 5.91 Å². The van der Waals surface area contributed by atoms with Crippen LogP contribution in [0.5, 0.6) is 5.75 Å². The van der Waals surface area contributed by atoms with E-state index < -0.39 is 0 Å². The van der Waals surface area contributed by atoms with Crippen molar-refractivity contribution in [2.75, 3.05) is 31.6 Å². The maximum absolute atomic E-state index is 12.4. The first-order chi connectivity index (χ1) is 14.5. The third-order valence-corrected chi connectivity index (χ3v) is 5.29. The highest BCUT2D eigenvalue weighted by atomic mass is 16.5. The fraction of sp³-hybridized carbons (Fsp3) is 0.364. The minimum Gasteiger partial charge on any atom is -0.497 e. The van der Waals surface area contributed by atoms with E-state index in [-0.39, 0.29) is 11.8 Å². The van der Waals surface area contributed by atoms with Crippen molar-refractivity contribution in [1.29, 1.82) is 0 Å². The Bertz CT molecular complexity index is 1040. The largest absolute Gasteiger partial charge is 0.497 e. The molecule has 8 nitrogen and oxygen atoms in total. The highest BCUT2D eigenvalue weighted by Crippen LogP contribution is 2.24. The fourth-order valence-electron chi connectivity index (χ4n) is 3.62. The molecule has 0 spiro atoms. The molecule has 0 aliphatic carbocycles. The quantitative estimate of drug-likeness (QED) is 0.647. The van der Waals surface area contributed by atoms with Crippen molar-refractivity contribution in [2.45, 2.75) is 20.3 Å². The molecule has 3 heterocycles. The SMILES string of the molecule is COc1cccc(CCNC(=O)C2CN(c3cc(-n4nc(C)cc4C)ncn3)C2)c1. The van der Waals surface area contributed by atoms with E-state index >= 15 is 0 Å². The molecule has 0 unspecified atom stereocenters. The molecule has 8 heteroatoms. The van der Waals surface area contributed by atoms with Crippen molar-refractivity contribution >= 4 is 11.7 Å². The van der Waals surface area contributed by atoms with Crippen molar-refractivity contribution in [3.8, 4) is 11.6 Å². The number of hydrogen-bond donors (Lipinski definition) is 1. The first-order valence-electron chi connectivity index (χ1n) is 10.0. The summed E-state index contributed by atoms with van der Waals surface area (Å²) >= 11 is 0. The molecule has 0 radical (unpaired) electrons. The van der Waals surface area contributed by atoms with Crippen LogP contribution >= 0.6 is 0 Å². The van der Waals surface area contributed by atoms with Gasteiger partial charge < -0.3 is 15.0 Å². The molecule has 30 heavy (non-hydrogen) atoms. The standard InChI is InChI=1S/C22H26N6O2/c1-15-9-16(2)28(26-15)21-11-20(24-14-25-21)27-12-18(13-27)22(29)23-8-7-17-5-4-6-19(10-17)30-3/h4-6,9-11,14,18H,7-8,12-13H2,1-3H3,(H,23,29). The Morgan fingerprint density at radius 3 is 2.70 bits per heavy atom. The number of methoxy groups -OCH3 is 1. The van der Waals surface area contributed by atoms with Crippen molar-refractivity contribution in [3.63, 3.8) is 0 Å². The number of nitrogens with one attached hydrogen (secondary N) is 1. The highest BCUT2D eigenvalue weighted by molar-refractivity contribution is 5.81. The summed E-state index contributed by atoms with van der Waals surface area (Å²) in [5.41, 5.74) is 3.11. The number of hydrogen-bond acceptors (Lipinski definition) is 6. The second-order valence-corrected chi connectivity index (χ2v) is 7.57. The summed E-state index contributed by atoms with van der Waals surface area (Å²) < 4.78 is 7.05. The number of carbonyl (C=O) groups excluding carboxylic acids is 1. The second-order valence-electron chi connectivity index (χ2n) is 7.57. The average Bonchev–Trinajstić information content (AvgIpc) is 3.05. The average molecular weight is 406 g/mol. The lowest BCUT2D eigenvalue weighted by Crippen LogP contribution is -2.54. The summed E-state index contributed by atoms with van der Waals surface area (Å²) in [4.78, 5) is 23.2. The smallest absolute Gasteiger partial charge is 0.226 e. The molecule has 1 aliphatic heterocycles. The summed E-state index contributed by atoms with van der Waals surface area (Å²) in [6.07, 6.45) is 2.32. The first-order valence-corrected chi connectivity index (χ1v) is 10.0. The zero-order valence-electron chi connectivity index (χ0n) is 17.5. The van der Waals surface area contributed by atoms with Crippen LogP contribution in [0.4, 0.5) is 5.82 Å². The second kappa shape index (κ2) is 8.52. The minimum atomic E-state index is -0.0255. The van der Waals surface area contributed by atoms with Crippen LogP contribution in [0.25, 0.3) is 5.82 Å². The van der Waals surface area contributed by atoms with Crippen LogP contribution < -0.4 is 15.0 Å². The summed E-state index contributed by atoms with van der Waals surface area (Å²) in [5, 5.41) is 7.51. The summed E-state index contributed by atoms with van der Waals surface area (Å²) in [7, 11) is 1.65. The van der Waals surface area contributed by atoms with E-state index in [9.17, 15) is 4.79 Å². The molecular formula is C22H26N6O2. The lowest BCUT2D eigenvalue weighted by molar-refractivity contribution is -0.125. The van der Waals surface area contributed by atoms with Crippen molar-refractivity contribution in [3.05, 3.63) is 59.7 Å². The molecule has 2 aromatic heterocycles. The topological polar surface area (TPSA) is 85.2 Å². The molecule has 1 amide bonds. The normalized spacial score (nSPS) is 13.8. The molecule has 3 aromatic rings. The molecule has 1 fully saturated rings. The molecule has 0 saturated carbocycles. The number of amides is 1. The number of aromatic nitrogens is 4. The van der Waals surface area contributed by atoms with E-state index in [1.807, 2.05) is 54.9 Å². The predicted molar refractivity (Wildman–Crippen MR) is 114 cm³/mol. The van der Waals surface area contributed by atoms with Crippen molar-refractivity contribution < 1.29 is 9.53 Å². The van der Waals surface area contributed by atoms with Gasteiger partial charge in [-0.15, -0.1) is 0 Å². The Labute approximate surface area is 175 Å². The number of ether oxygens (including phenoxy) is 1. The van der Waals surface area contributed by atoms with Crippen LogP contribution in [0.3, 0.4) is 0 Å². The monoisotopic (exact) mass is 406 g/mol. The first kappa shape index (κ1) is 19.9. The molecule has 0 atom stereocenters. The van der Waals surface area contributed by atoms with Crippen LogP contribution in [-0.2, 0) is 11.2 Å². The van der Waals surface area contributed by atoms with Gasteiger partial charge in [-0.3, -0.25) is 4.79 Å². The van der Waals surface area contributed by atoms with Gasteiger partial charge in [0, 0.05) is 31.4 Å². The molecule has 156 valence electrons. The maximum atomic E-state index is 12.4. The van der Waals surface area contributed by atoms with E-state index in [0.29, 0.717) is 19.6 Å². The van der Waals surface area contributed by atoms with Gasteiger partial charge in [0.1, 0.15) is 17.9 Å². The Kier molecular flexibility index (Phi) is 5.65. The van der Waals surface area contributed by atoms with Gasteiger partial charge in [-0.1, -0.05) is 12.1 Å². The number of anilines is 1. The number of aryl methyl sites for hydroxylation is 2. The summed E-state index contributed by atoms with van der Waals surface area (Å²) in [6, 6.07) is 11.8. The Morgan fingerprint density at radius 1 is 1.17 bits per heavy atom. The van der Waals surface area contributed by atoms with Crippen molar-refractivity contribution in [1.82, 2.24) is 25.1 Å². The van der Waals surface area contributed by atoms with Crippen LogP contribution in [0.2, 0.25) is 0 Å². The fourth-order valence-corrected chi connectivity index (χ4v) is 3.62. The molecule has 1 N–H and O–H groups in total. The molecule has 4 rings (SSSR count). The number of carbonyl (C=O) groups is 1. The summed E-state index contributed by atoms with van der Waals surface area (Å²) in [5.74, 6) is 2.44. The zero-order valence-corrected chi connectivity index (χ0v) is 17.5. The van der Waals surface area contributed by atoms with Gasteiger partial charge in [0.25, 0.3) is 0 Å². The minimum absolute atomic E-state index is 0.0255. The highest BCUT2D eigenvalue weighted by Gasteiger charge is 2.33. The van der Waals surface area contributed by atoms with Gasteiger partial charge in [0.05, 0.1) is 18.7 Å². The maximum Gasteiger partial charge on any atom is 0.226 e. The molecule has 1 aromatic carbocycles. The number of nitrogens with zero attached hydrogens (tertiary/aromatic N) is 5. The summed E-state index contributed by atoms with van der Waals surface area (Å²) in [6.45, 7) is 5.87. The molecule has 1 aliphatic rings. The van der Waals surface area contributed by atoms with E-state index in [1.165, 1.54) is 0 Å². The van der Waals surface area contributed by atoms with Gasteiger partial charge in [-0.05, 0) is 44.0 Å². The van der Waals surface area contributed by atoms with E-state index in [1.54, 1.807) is 13.4 Å². The van der Waals surface area contributed by atoms with Crippen LogP contribution in [0.1, 0.15) is 17.0 Å². The van der Waals surface area contributed by atoms with Crippen LogP contribution in [0.15, 0.2) is 42.7 Å². The molecule has 0 bridgehead atoms. The Morgan fingerprint density at radius 2 is 1.97 bits per heavy atom. The van der Waals surface area contributed by atoms with Crippen LogP contribution in [0, 0.1) is 19.8 Å². The van der Waals surface area contributed by atoms with E-state index in [0.717, 1.165) is 40.8 Å². The molecular weight excluding hydrogens is 380 g/mol. The predicted octanol–water partition coefficient (Wildman–Crippen LogP) is 2.08. The van der Waals surface area contributed by atoms with Gasteiger partial charge >= 0.3 is 0 Å². The van der Waals surface area contributed by atoms with Gasteiger partial charge in [-0.25, -0.2) is 14.6 Å². The molecule has 1 saturated heterocycles. The van der Waals surface area contributed by atoms with Crippen molar-refractivity contribution in [2.24, 2.45) is 5.92 Å². The van der Waals surface area contributed by atoms with Gasteiger partial charge in [0.15, 0.2) is 5.82 Å². The zero-order chi connectivity index (χ0) is 21.1. The van der Waals surface area contributed by atoms with Gasteiger partial charge in [-0.2, -0.15) is 5.10 Å². The van der Waals surface area contributed by atoms with E-state index in [2.05, 4.69) is 25.3 Å². The Hall–Kier alpha value is -3.42. The van der Waals surface area contributed by atoms with E-state index in [4.69, 9.17) is 4.74 Å². The number of rotatable bonds is 7. The lowest BCUT2D eigenvalue weighted by atomic mass is 9.99.